The van der Waals surface area contributed by atoms with Crippen molar-refractivity contribution in [3.63, 3.8) is 0 Å². The molecule has 6 heteroatoms. The standard InChI is InChI=1S/C24H30N6/c1-19-4-7-22(10-25-19)13-28-16-29(14-23-8-5-20(2)26-11-23)18-30(17-28)15-24-9-6-21(3)27-12-24/h4-12H,13-18H2,1-3H3. The van der Waals surface area contributed by atoms with E-state index in [4.69, 9.17) is 0 Å². The highest BCUT2D eigenvalue weighted by atomic mass is 15.5. The molecule has 156 valence electrons. The monoisotopic (exact) mass is 402 g/mol. The summed E-state index contributed by atoms with van der Waals surface area (Å²) in [6, 6.07) is 12.8. The Balaban J connectivity index is 1.47. The number of nitrogens with zero attached hydrogens (tertiary/aromatic N) is 6. The summed E-state index contributed by atoms with van der Waals surface area (Å²) >= 11 is 0. The average Bonchev–Trinajstić information content (AvgIpc) is 2.73. The molecule has 0 N–H and O–H groups in total. The van der Waals surface area contributed by atoms with Crippen molar-refractivity contribution in [3.05, 3.63) is 88.8 Å². The van der Waals surface area contributed by atoms with E-state index in [2.05, 4.69) is 66.0 Å². The zero-order valence-corrected chi connectivity index (χ0v) is 18.1. The minimum Gasteiger partial charge on any atom is -0.273 e. The predicted octanol–water partition coefficient (Wildman–Crippen LogP) is 3.49. The third kappa shape index (κ3) is 5.69. The Labute approximate surface area is 179 Å². The SMILES string of the molecule is Cc1ccc(CN2CN(Cc3ccc(C)nc3)CN(Cc3ccc(C)nc3)C2)cn1. The van der Waals surface area contributed by atoms with Gasteiger partial charge in [-0.25, -0.2) is 0 Å². The van der Waals surface area contributed by atoms with Gasteiger partial charge < -0.3 is 0 Å². The van der Waals surface area contributed by atoms with Crippen LogP contribution in [0.4, 0.5) is 0 Å². The van der Waals surface area contributed by atoms with Crippen molar-refractivity contribution < 1.29 is 0 Å². The Morgan fingerprint density at radius 1 is 0.533 bits per heavy atom. The van der Waals surface area contributed by atoms with E-state index in [1.807, 2.05) is 39.4 Å². The second-order valence-corrected chi connectivity index (χ2v) is 8.33. The molecule has 0 spiro atoms. The minimum absolute atomic E-state index is 0.887. The Hall–Kier alpha value is -2.67. The molecule has 3 aromatic rings. The van der Waals surface area contributed by atoms with Crippen LogP contribution in [0.3, 0.4) is 0 Å². The molecule has 0 atom stereocenters. The quantitative estimate of drug-likeness (QED) is 0.629. The van der Waals surface area contributed by atoms with E-state index in [-0.39, 0.29) is 0 Å². The number of pyridine rings is 3. The minimum atomic E-state index is 0.887. The molecule has 1 aliphatic rings. The van der Waals surface area contributed by atoms with Gasteiger partial charge in [0, 0.05) is 55.3 Å². The van der Waals surface area contributed by atoms with Crippen molar-refractivity contribution in [3.8, 4) is 0 Å². The smallest absolute Gasteiger partial charge is 0.0537 e. The summed E-state index contributed by atoms with van der Waals surface area (Å²) in [4.78, 5) is 20.8. The third-order valence-corrected chi connectivity index (χ3v) is 5.34. The summed E-state index contributed by atoms with van der Waals surface area (Å²) in [5.41, 5.74) is 6.90. The van der Waals surface area contributed by atoms with Crippen LogP contribution < -0.4 is 0 Å². The van der Waals surface area contributed by atoms with Crippen LogP contribution in [0, 0.1) is 20.8 Å². The molecule has 3 aromatic heterocycles. The van der Waals surface area contributed by atoms with Gasteiger partial charge >= 0.3 is 0 Å². The first kappa shape index (κ1) is 20.6. The Morgan fingerprint density at radius 2 is 0.833 bits per heavy atom. The average molecular weight is 403 g/mol. The van der Waals surface area contributed by atoms with Gasteiger partial charge in [0.2, 0.25) is 0 Å². The lowest BCUT2D eigenvalue weighted by Gasteiger charge is -2.42. The number of aryl methyl sites for hydroxylation is 3. The second kappa shape index (κ2) is 9.43. The number of hydrogen-bond donors (Lipinski definition) is 0. The maximum absolute atomic E-state index is 4.46. The predicted molar refractivity (Wildman–Crippen MR) is 118 cm³/mol. The molecular weight excluding hydrogens is 372 g/mol. The first-order valence-corrected chi connectivity index (χ1v) is 10.5. The maximum atomic E-state index is 4.46. The lowest BCUT2D eigenvalue weighted by Crippen LogP contribution is -2.53. The summed E-state index contributed by atoms with van der Waals surface area (Å²) < 4.78 is 0. The Morgan fingerprint density at radius 3 is 1.07 bits per heavy atom. The molecule has 1 fully saturated rings. The van der Waals surface area contributed by atoms with Crippen molar-refractivity contribution >= 4 is 0 Å². The number of rotatable bonds is 6. The van der Waals surface area contributed by atoms with Gasteiger partial charge in [-0.1, -0.05) is 18.2 Å². The molecule has 0 aliphatic carbocycles. The summed E-state index contributed by atoms with van der Waals surface area (Å²) in [5.74, 6) is 0. The largest absolute Gasteiger partial charge is 0.273 e. The summed E-state index contributed by atoms with van der Waals surface area (Å²) in [7, 11) is 0. The zero-order chi connectivity index (χ0) is 20.9. The van der Waals surface area contributed by atoms with Gasteiger partial charge in [0.05, 0.1) is 20.0 Å². The zero-order valence-electron chi connectivity index (χ0n) is 18.1. The number of hydrogen-bond acceptors (Lipinski definition) is 6. The van der Waals surface area contributed by atoms with Gasteiger partial charge in [-0.05, 0) is 55.7 Å². The van der Waals surface area contributed by atoms with E-state index in [9.17, 15) is 0 Å². The molecule has 4 rings (SSSR count). The van der Waals surface area contributed by atoms with Crippen molar-refractivity contribution in [2.24, 2.45) is 0 Å². The molecule has 6 nitrogen and oxygen atoms in total. The topological polar surface area (TPSA) is 48.4 Å². The van der Waals surface area contributed by atoms with E-state index in [1.165, 1.54) is 16.7 Å². The highest BCUT2D eigenvalue weighted by Gasteiger charge is 2.24. The van der Waals surface area contributed by atoms with Crippen LogP contribution in [0.15, 0.2) is 55.0 Å². The fraction of sp³-hybridized carbons (Fsp3) is 0.375. The van der Waals surface area contributed by atoms with Gasteiger partial charge in [0.25, 0.3) is 0 Å². The Bertz CT molecular complexity index is 804. The normalized spacial score (nSPS) is 16.1. The molecule has 0 bridgehead atoms. The molecule has 0 radical (unpaired) electrons. The van der Waals surface area contributed by atoms with Crippen LogP contribution in [0.5, 0.6) is 0 Å². The number of aromatic nitrogens is 3. The summed E-state index contributed by atoms with van der Waals surface area (Å²) in [6.45, 7) is 11.5. The van der Waals surface area contributed by atoms with Crippen molar-refractivity contribution in [2.45, 2.75) is 40.4 Å². The maximum Gasteiger partial charge on any atom is 0.0537 e. The van der Waals surface area contributed by atoms with Gasteiger partial charge in [0.15, 0.2) is 0 Å². The molecule has 0 amide bonds. The second-order valence-electron chi connectivity index (χ2n) is 8.33. The lowest BCUT2D eigenvalue weighted by molar-refractivity contribution is -0.0423. The van der Waals surface area contributed by atoms with Crippen LogP contribution in [0.25, 0.3) is 0 Å². The molecule has 0 aromatic carbocycles. The first-order chi connectivity index (χ1) is 14.5. The van der Waals surface area contributed by atoms with Gasteiger partial charge in [-0.15, -0.1) is 0 Å². The van der Waals surface area contributed by atoms with E-state index in [0.717, 1.165) is 56.7 Å². The summed E-state index contributed by atoms with van der Waals surface area (Å²) in [5, 5.41) is 0. The Kier molecular flexibility index (Phi) is 6.47. The van der Waals surface area contributed by atoms with E-state index < -0.39 is 0 Å². The van der Waals surface area contributed by atoms with Crippen LogP contribution in [-0.4, -0.2) is 49.7 Å². The van der Waals surface area contributed by atoms with Crippen molar-refractivity contribution in [1.82, 2.24) is 29.7 Å². The highest BCUT2D eigenvalue weighted by Crippen LogP contribution is 2.17. The molecule has 0 saturated carbocycles. The molecule has 1 aliphatic heterocycles. The van der Waals surface area contributed by atoms with Crippen LogP contribution in [0.2, 0.25) is 0 Å². The molecule has 0 unspecified atom stereocenters. The fourth-order valence-electron chi connectivity index (χ4n) is 3.83. The molecule has 4 heterocycles. The summed E-state index contributed by atoms with van der Waals surface area (Å²) in [6.07, 6.45) is 5.98. The third-order valence-electron chi connectivity index (χ3n) is 5.34. The lowest BCUT2D eigenvalue weighted by atomic mass is 10.2. The van der Waals surface area contributed by atoms with E-state index in [1.54, 1.807) is 0 Å². The van der Waals surface area contributed by atoms with Gasteiger partial charge in [-0.3, -0.25) is 29.7 Å². The molecule has 30 heavy (non-hydrogen) atoms. The van der Waals surface area contributed by atoms with Gasteiger partial charge in [-0.2, -0.15) is 0 Å². The first-order valence-electron chi connectivity index (χ1n) is 10.5. The van der Waals surface area contributed by atoms with Crippen molar-refractivity contribution in [2.75, 3.05) is 20.0 Å². The van der Waals surface area contributed by atoms with E-state index >= 15 is 0 Å². The highest BCUT2D eigenvalue weighted by molar-refractivity contribution is 5.15. The molecule has 1 saturated heterocycles. The van der Waals surface area contributed by atoms with E-state index in [0.29, 0.717) is 0 Å². The van der Waals surface area contributed by atoms with Crippen LogP contribution in [0.1, 0.15) is 33.8 Å². The van der Waals surface area contributed by atoms with Crippen LogP contribution in [-0.2, 0) is 19.6 Å². The van der Waals surface area contributed by atoms with Crippen LogP contribution >= 0.6 is 0 Å². The van der Waals surface area contributed by atoms with Gasteiger partial charge in [0.1, 0.15) is 0 Å². The molecular formula is C24H30N6. The fourth-order valence-corrected chi connectivity index (χ4v) is 3.83. The van der Waals surface area contributed by atoms with Crippen molar-refractivity contribution in [1.29, 1.82) is 0 Å².